The summed E-state index contributed by atoms with van der Waals surface area (Å²) in [6.07, 6.45) is 2.37. The summed E-state index contributed by atoms with van der Waals surface area (Å²) in [4.78, 5) is 42.9. The quantitative estimate of drug-likeness (QED) is 0.665. The smallest absolute Gasteiger partial charge is 0.335 e. The second-order valence-electron chi connectivity index (χ2n) is 9.51. The van der Waals surface area contributed by atoms with Gasteiger partial charge >= 0.3 is 5.97 Å². The van der Waals surface area contributed by atoms with Gasteiger partial charge in [-0.05, 0) is 49.8 Å². The van der Waals surface area contributed by atoms with Crippen LogP contribution in [0.5, 0.6) is 0 Å². The predicted octanol–water partition coefficient (Wildman–Crippen LogP) is 0.571. The number of hydrogen-bond donors (Lipinski definition) is 2. The van der Waals surface area contributed by atoms with E-state index < -0.39 is 12.0 Å². The van der Waals surface area contributed by atoms with Gasteiger partial charge in [0.25, 0.3) is 0 Å². The van der Waals surface area contributed by atoms with Crippen molar-refractivity contribution in [1.82, 2.24) is 14.7 Å². The number of likely N-dealkylation sites (tertiary alicyclic amines) is 3. The highest BCUT2D eigenvalue weighted by molar-refractivity contribution is 5.89. The van der Waals surface area contributed by atoms with Crippen molar-refractivity contribution in [3.63, 3.8) is 0 Å². The molecule has 4 fully saturated rings. The third-order valence-electron chi connectivity index (χ3n) is 7.60. The van der Waals surface area contributed by atoms with Crippen molar-refractivity contribution in [2.75, 3.05) is 13.1 Å². The molecule has 7 atom stereocenters. The topological polar surface area (TPSA) is 131 Å². The summed E-state index contributed by atoms with van der Waals surface area (Å²) >= 11 is 0. The van der Waals surface area contributed by atoms with Crippen LogP contribution >= 0.6 is 0 Å². The Labute approximate surface area is 186 Å². The molecule has 3 saturated heterocycles. The maximum atomic E-state index is 13.2. The number of carboxylic acid groups (broad SMARTS) is 1. The zero-order valence-corrected chi connectivity index (χ0v) is 17.9. The van der Waals surface area contributed by atoms with E-state index in [0.717, 1.165) is 18.4 Å². The summed E-state index contributed by atoms with van der Waals surface area (Å²) in [5, 5.41) is 18.6. The predicted molar refractivity (Wildman–Crippen MR) is 113 cm³/mol. The number of carbonyl (C=O) groups excluding carboxylic acids is 2. The monoisotopic (exact) mass is 437 g/mol. The number of fused-ring (bicyclic) bond motifs is 3. The number of nitrogens with zero attached hydrogens (tertiary/aromatic N) is 4. The Kier molecular flexibility index (Phi) is 4.95. The third kappa shape index (κ3) is 3.26. The van der Waals surface area contributed by atoms with Crippen LogP contribution in [0.3, 0.4) is 0 Å². The Morgan fingerprint density at radius 2 is 2.09 bits per heavy atom. The standard InChI is InChI=1S/C23H27N5O4/c1-12(13-3-2-4-14(5-13)23(31)32)27-17-8-20(22(27)30)26(10-17)11-18(25)21(29)28-16(9-24)6-15-7-19(15)28/h2-5,12,15-20H,6-8,10-11,25H2,1H3,(H,31,32)/t12-,15?,16-,17+,18-,19-,20+/m0/s1. The molecule has 1 unspecified atom stereocenters. The van der Waals surface area contributed by atoms with Gasteiger partial charge in [-0.15, -0.1) is 0 Å². The van der Waals surface area contributed by atoms with Crippen LogP contribution in [0, 0.1) is 17.2 Å². The molecule has 5 rings (SSSR count). The highest BCUT2D eigenvalue weighted by atomic mass is 16.4. The average molecular weight is 438 g/mol. The average Bonchev–Trinajstić information content (AvgIpc) is 3.11. The van der Waals surface area contributed by atoms with Crippen LogP contribution in [0.1, 0.15) is 48.1 Å². The molecule has 9 heteroatoms. The van der Waals surface area contributed by atoms with Crippen molar-refractivity contribution >= 4 is 17.8 Å². The van der Waals surface area contributed by atoms with Crippen molar-refractivity contribution in [2.45, 2.75) is 62.4 Å². The molecule has 3 heterocycles. The van der Waals surface area contributed by atoms with Gasteiger partial charge in [-0.1, -0.05) is 12.1 Å². The summed E-state index contributed by atoms with van der Waals surface area (Å²) in [7, 11) is 0. The van der Waals surface area contributed by atoms with Gasteiger partial charge in [0.1, 0.15) is 6.04 Å². The third-order valence-corrected chi connectivity index (χ3v) is 7.60. The number of nitriles is 1. The van der Waals surface area contributed by atoms with Crippen molar-refractivity contribution in [1.29, 1.82) is 5.26 Å². The van der Waals surface area contributed by atoms with Gasteiger partial charge in [0.2, 0.25) is 11.8 Å². The Morgan fingerprint density at radius 1 is 1.31 bits per heavy atom. The van der Waals surface area contributed by atoms with Crippen LogP contribution in [-0.4, -0.2) is 80.9 Å². The zero-order valence-electron chi connectivity index (χ0n) is 17.9. The Balaban J connectivity index is 1.24. The highest BCUT2D eigenvalue weighted by Crippen LogP contribution is 2.48. The molecule has 0 radical (unpaired) electrons. The van der Waals surface area contributed by atoms with E-state index in [1.54, 1.807) is 17.0 Å². The van der Waals surface area contributed by atoms with E-state index in [-0.39, 0.29) is 47.6 Å². The van der Waals surface area contributed by atoms with E-state index in [2.05, 4.69) is 6.07 Å². The van der Waals surface area contributed by atoms with Crippen LogP contribution in [0.4, 0.5) is 0 Å². The maximum absolute atomic E-state index is 13.2. The lowest BCUT2D eigenvalue weighted by Crippen LogP contribution is -2.57. The molecule has 3 N–H and O–H groups in total. The van der Waals surface area contributed by atoms with E-state index in [4.69, 9.17) is 5.73 Å². The van der Waals surface area contributed by atoms with Crippen LogP contribution in [0.25, 0.3) is 0 Å². The van der Waals surface area contributed by atoms with Gasteiger partial charge in [-0.25, -0.2) is 4.79 Å². The molecule has 1 aromatic rings. The van der Waals surface area contributed by atoms with Crippen LogP contribution in [-0.2, 0) is 9.59 Å². The number of nitrogens with two attached hydrogens (primary N) is 1. The summed E-state index contributed by atoms with van der Waals surface area (Å²) < 4.78 is 0. The van der Waals surface area contributed by atoms with Crippen LogP contribution < -0.4 is 5.73 Å². The van der Waals surface area contributed by atoms with Gasteiger partial charge in [-0.3, -0.25) is 14.5 Å². The van der Waals surface area contributed by atoms with Crippen LogP contribution in [0.2, 0.25) is 0 Å². The lowest BCUT2D eigenvalue weighted by Gasteiger charge is -2.38. The fourth-order valence-electron chi connectivity index (χ4n) is 5.90. The molecule has 2 amide bonds. The second kappa shape index (κ2) is 7.57. The summed E-state index contributed by atoms with van der Waals surface area (Å²) in [5.74, 6) is -0.748. The number of rotatable bonds is 6. The minimum absolute atomic E-state index is 0.00439. The molecular weight excluding hydrogens is 410 g/mol. The number of hydrogen-bond acceptors (Lipinski definition) is 6. The first-order valence-electron chi connectivity index (χ1n) is 11.2. The van der Waals surface area contributed by atoms with Crippen molar-refractivity contribution in [3.05, 3.63) is 35.4 Å². The molecule has 1 aromatic carbocycles. The molecule has 0 aromatic heterocycles. The zero-order chi connectivity index (χ0) is 22.7. The molecule has 168 valence electrons. The van der Waals surface area contributed by atoms with Crippen molar-refractivity contribution in [2.24, 2.45) is 11.7 Å². The fourth-order valence-corrected chi connectivity index (χ4v) is 5.90. The highest BCUT2D eigenvalue weighted by Gasteiger charge is 2.56. The minimum Gasteiger partial charge on any atom is -0.478 e. The number of aromatic carboxylic acids is 1. The van der Waals surface area contributed by atoms with Gasteiger partial charge < -0.3 is 20.6 Å². The maximum Gasteiger partial charge on any atom is 0.335 e. The number of benzene rings is 1. The van der Waals surface area contributed by atoms with E-state index in [1.807, 2.05) is 22.8 Å². The van der Waals surface area contributed by atoms with Gasteiger partial charge in [0.15, 0.2) is 0 Å². The number of piperazine rings is 1. The van der Waals surface area contributed by atoms with Crippen molar-refractivity contribution in [3.8, 4) is 6.07 Å². The van der Waals surface area contributed by atoms with E-state index in [9.17, 15) is 24.8 Å². The van der Waals surface area contributed by atoms with Gasteiger partial charge in [0, 0.05) is 25.2 Å². The lowest BCUT2D eigenvalue weighted by molar-refractivity contribution is -0.141. The van der Waals surface area contributed by atoms with E-state index >= 15 is 0 Å². The van der Waals surface area contributed by atoms with Crippen LogP contribution in [0.15, 0.2) is 24.3 Å². The first kappa shape index (κ1) is 20.9. The molecule has 4 aliphatic rings. The molecule has 2 bridgehead atoms. The first-order chi connectivity index (χ1) is 15.3. The SMILES string of the molecule is C[C@@H](c1cccc(C(=O)O)c1)N1C(=O)[C@H]2C[C@@H]1CN2C[C@H](N)C(=O)N1[C@H](C#N)CC2C[C@@H]21. The lowest BCUT2D eigenvalue weighted by atomic mass is 10.0. The normalized spacial score (nSPS) is 32.5. The van der Waals surface area contributed by atoms with Gasteiger partial charge in [0.05, 0.1) is 29.8 Å². The summed E-state index contributed by atoms with van der Waals surface area (Å²) in [6.45, 7) is 2.85. The summed E-state index contributed by atoms with van der Waals surface area (Å²) in [5.41, 5.74) is 7.25. The van der Waals surface area contributed by atoms with Crippen molar-refractivity contribution < 1.29 is 19.5 Å². The molecule has 1 saturated carbocycles. The Bertz CT molecular complexity index is 1020. The number of carboxylic acids is 1. The minimum atomic E-state index is -0.993. The van der Waals surface area contributed by atoms with E-state index in [1.165, 1.54) is 6.07 Å². The molecule has 32 heavy (non-hydrogen) atoms. The molecule has 0 spiro atoms. The first-order valence-corrected chi connectivity index (χ1v) is 11.2. The summed E-state index contributed by atoms with van der Waals surface area (Å²) in [6, 6.07) is 7.39. The molecule has 3 aliphatic heterocycles. The number of piperidine rings is 1. The fraction of sp³-hybridized carbons (Fsp3) is 0.565. The number of amides is 2. The molecular formula is C23H27N5O4. The molecule has 9 nitrogen and oxygen atoms in total. The molecule has 1 aliphatic carbocycles. The number of carbonyl (C=O) groups is 3. The second-order valence-corrected chi connectivity index (χ2v) is 9.51. The Hall–Kier alpha value is -2.96. The van der Waals surface area contributed by atoms with E-state index in [0.29, 0.717) is 25.4 Å². The largest absolute Gasteiger partial charge is 0.478 e. The Morgan fingerprint density at radius 3 is 2.78 bits per heavy atom. The van der Waals surface area contributed by atoms with Gasteiger partial charge in [-0.2, -0.15) is 5.26 Å².